The van der Waals surface area contributed by atoms with Gasteiger partial charge < -0.3 is 4.90 Å². The molecule has 1 aromatic heterocycles. The molecule has 0 aliphatic rings. The monoisotopic (exact) mass is 208 g/mol. The fourth-order valence-electron chi connectivity index (χ4n) is 1.50. The van der Waals surface area contributed by atoms with Crippen LogP contribution in [0.15, 0.2) is 24.5 Å². The predicted octanol–water partition coefficient (Wildman–Crippen LogP) is 1.34. The number of hydrogen-bond acceptors (Lipinski definition) is 2. The summed E-state index contributed by atoms with van der Waals surface area (Å²) in [7, 11) is 4.12. The summed E-state index contributed by atoms with van der Waals surface area (Å²) >= 11 is 0. The van der Waals surface area contributed by atoms with Gasteiger partial charge in [-0.25, -0.2) is 4.90 Å². The van der Waals surface area contributed by atoms with Crippen molar-refractivity contribution in [3.05, 3.63) is 24.5 Å². The maximum Gasteiger partial charge on any atom is 0.204 e. The molecule has 1 rings (SSSR count). The van der Waals surface area contributed by atoms with Crippen molar-refractivity contribution in [2.45, 2.75) is 20.5 Å². The van der Waals surface area contributed by atoms with Gasteiger partial charge in [0, 0.05) is 45.0 Å². The van der Waals surface area contributed by atoms with E-state index in [4.69, 9.17) is 0 Å². The molecule has 0 saturated heterocycles. The molecule has 0 aromatic carbocycles. The van der Waals surface area contributed by atoms with Crippen molar-refractivity contribution in [2.75, 3.05) is 32.1 Å². The van der Waals surface area contributed by atoms with Crippen LogP contribution in [-0.4, -0.2) is 32.1 Å². The zero-order valence-electron chi connectivity index (χ0n) is 10.3. The van der Waals surface area contributed by atoms with Crippen molar-refractivity contribution in [3.63, 3.8) is 0 Å². The quantitative estimate of drug-likeness (QED) is 0.676. The lowest BCUT2D eigenvalue weighted by Gasteiger charge is -2.15. The third-order valence-electron chi connectivity index (χ3n) is 2.65. The number of anilines is 1. The van der Waals surface area contributed by atoms with Crippen LogP contribution in [0.1, 0.15) is 13.8 Å². The van der Waals surface area contributed by atoms with Crippen LogP contribution in [0.5, 0.6) is 0 Å². The van der Waals surface area contributed by atoms with Gasteiger partial charge in [-0.05, 0) is 0 Å². The van der Waals surface area contributed by atoms with Gasteiger partial charge in [-0.15, -0.1) is 0 Å². The molecule has 0 unspecified atom stereocenters. The smallest absolute Gasteiger partial charge is 0.204 e. The van der Waals surface area contributed by atoms with E-state index in [0.717, 1.165) is 19.8 Å². The van der Waals surface area contributed by atoms with E-state index in [1.165, 1.54) is 5.69 Å². The Kier molecular flexibility index (Phi) is 4.56. The second kappa shape index (κ2) is 5.71. The fourth-order valence-corrected chi connectivity index (χ4v) is 1.50. The van der Waals surface area contributed by atoms with E-state index in [-0.39, 0.29) is 0 Å². The van der Waals surface area contributed by atoms with E-state index in [2.05, 4.69) is 66.8 Å². The molecule has 0 saturated carbocycles. The third-order valence-corrected chi connectivity index (χ3v) is 2.65. The Labute approximate surface area is 92.9 Å². The number of rotatable bonds is 5. The molecule has 84 valence electrons. The van der Waals surface area contributed by atoms with E-state index >= 15 is 0 Å². The van der Waals surface area contributed by atoms with E-state index in [1.807, 2.05) is 0 Å². The predicted molar refractivity (Wildman–Crippen MR) is 63.9 cm³/mol. The molecule has 3 nitrogen and oxygen atoms in total. The number of nitrogens with zero attached hydrogens (tertiary/aromatic N) is 3. The summed E-state index contributed by atoms with van der Waals surface area (Å²) in [5.41, 5.74) is 1.24. The Bertz CT molecular complexity index is 275. The summed E-state index contributed by atoms with van der Waals surface area (Å²) in [6, 6.07) is 4.28. The summed E-state index contributed by atoms with van der Waals surface area (Å²) in [6.07, 6.45) is 4.27. The topological polar surface area (TPSA) is 10.4 Å². The largest absolute Gasteiger partial charge is 0.377 e. The number of aromatic nitrogens is 1. The van der Waals surface area contributed by atoms with Crippen LogP contribution < -0.4 is 9.47 Å². The van der Waals surface area contributed by atoms with Crippen LogP contribution in [0.4, 0.5) is 5.69 Å². The second-order valence-corrected chi connectivity index (χ2v) is 3.91. The highest BCUT2D eigenvalue weighted by molar-refractivity contribution is 5.41. The van der Waals surface area contributed by atoms with E-state index in [9.17, 15) is 0 Å². The summed E-state index contributed by atoms with van der Waals surface area (Å²) in [4.78, 5) is 4.50. The third kappa shape index (κ3) is 3.51. The molecule has 0 radical (unpaired) electrons. The van der Waals surface area contributed by atoms with Gasteiger partial charge >= 0.3 is 0 Å². The molecule has 3 heteroatoms. The molecule has 0 N–H and O–H groups in total. The maximum atomic E-state index is 2.38. The van der Waals surface area contributed by atoms with E-state index in [1.54, 1.807) is 0 Å². The minimum absolute atomic E-state index is 0.973. The molecule has 0 amide bonds. The van der Waals surface area contributed by atoms with Crippen molar-refractivity contribution in [1.82, 2.24) is 4.90 Å². The van der Waals surface area contributed by atoms with Crippen LogP contribution in [0.2, 0.25) is 0 Å². The molecule has 15 heavy (non-hydrogen) atoms. The molecular formula is C12H22N3+. The molecule has 0 spiro atoms. The van der Waals surface area contributed by atoms with Gasteiger partial charge in [-0.1, -0.05) is 13.8 Å². The summed E-state index contributed by atoms with van der Waals surface area (Å²) in [6.45, 7) is 7.55. The van der Waals surface area contributed by atoms with Crippen LogP contribution in [-0.2, 0) is 6.67 Å². The Morgan fingerprint density at radius 1 is 1.07 bits per heavy atom. The molecule has 1 aromatic rings. The minimum atomic E-state index is 0.973. The highest BCUT2D eigenvalue weighted by Crippen LogP contribution is 2.05. The first-order valence-corrected chi connectivity index (χ1v) is 5.56. The van der Waals surface area contributed by atoms with Gasteiger partial charge in [0.05, 0.1) is 0 Å². The highest BCUT2D eigenvalue weighted by atomic mass is 15.2. The van der Waals surface area contributed by atoms with Gasteiger partial charge in [0.1, 0.15) is 0 Å². The van der Waals surface area contributed by atoms with Crippen molar-refractivity contribution in [3.8, 4) is 0 Å². The lowest BCUT2D eigenvalue weighted by atomic mass is 10.4. The first-order chi connectivity index (χ1) is 7.17. The Balaban J connectivity index is 2.63. The van der Waals surface area contributed by atoms with Crippen LogP contribution in [0, 0.1) is 0 Å². The van der Waals surface area contributed by atoms with Crippen molar-refractivity contribution in [1.29, 1.82) is 0 Å². The molecule has 1 heterocycles. The van der Waals surface area contributed by atoms with Crippen LogP contribution in [0.3, 0.4) is 0 Å². The number of hydrogen-bond donors (Lipinski definition) is 0. The lowest BCUT2D eigenvalue weighted by Crippen LogP contribution is -2.43. The molecule has 0 bridgehead atoms. The maximum absolute atomic E-state index is 2.38. The molecule has 0 atom stereocenters. The van der Waals surface area contributed by atoms with Gasteiger partial charge in [-0.2, -0.15) is 4.57 Å². The van der Waals surface area contributed by atoms with E-state index in [0.29, 0.717) is 0 Å². The van der Waals surface area contributed by atoms with Crippen LogP contribution >= 0.6 is 0 Å². The zero-order valence-corrected chi connectivity index (χ0v) is 10.3. The average molecular weight is 208 g/mol. The first-order valence-electron chi connectivity index (χ1n) is 5.56. The van der Waals surface area contributed by atoms with Gasteiger partial charge in [-0.3, -0.25) is 0 Å². The number of pyridine rings is 1. The minimum Gasteiger partial charge on any atom is -0.377 e. The first kappa shape index (κ1) is 12.0. The van der Waals surface area contributed by atoms with Gasteiger partial charge in [0.15, 0.2) is 12.4 Å². The summed E-state index contributed by atoms with van der Waals surface area (Å²) in [5, 5.41) is 0. The Morgan fingerprint density at radius 2 is 1.60 bits per heavy atom. The van der Waals surface area contributed by atoms with Gasteiger partial charge in [0.2, 0.25) is 6.67 Å². The fraction of sp³-hybridized carbons (Fsp3) is 0.583. The molecule has 0 aliphatic carbocycles. The van der Waals surface area contributed by atoms with Crippen molar-refractivity contribution in [2.24, 2.45) is 0 Å². The van der Waals surface area contributed by atoms with Crippen molar-refractivity contribution >= 4 is 5.69 Å². The highest BCUT2D eigenvalue weighted by Gasteiger charge is 2.06. The summed E-state index contributed by atoms with van der Waals surface area (Å²) in [5.74, 6) is 0. The second-order valence-electron chi connectivity index (χ2n) is 3.91. The standard InChI is InChI=1S/C12H22N3/c1-5-14(6-2)11-15-9-7-12(8-10-15)13(3)4/h7-10H,5-6,11H2,1-4H3/q+1. The molecule has 0 fully saturated rings. The molecular weight excluding hydrogens is 186 g/mol. The van der Waals surface area contributed by atoms with Crippen LogP contribution in [0.25, 0.3) is 0 Å². The summed E-state index contributed by atoms with van der Waals surface area (Å²) < 4.78 is 2.21. The van der Waals surface area contributed by atoms with Crippen molar-refractivity contribution < 1.29 is 4.57 Å². The van der Waals surface area contributed by atoms with E-state index < -0.39 is 0 Å². The lowest BCUT2D eigenvalue weighted by molar-refractivity contribution is -0.715. The molecule has 0 aliphatic heterocycles. The average Bonchev–Trinajstić information content (AvgIpc) is 2.26. The Morgan fingerprint density at radius 3 is 2.00 bits per heavy atom. The normalized spacial score (nSPS) is 10.7. The SMILES string of the molecule is CCN(CC)C[n+]1ccc(N(C)C)cc1. The Hall–Kier alpha value is -1.09. The zero-order chi connectivity index (χ0) is 11.3. The van der Waals surface area contributed by atoms with Gasteiger partial charge in [0.25, 0.3) is 0 Å².